The molecule has 0 aliphatic rings. The third-order valence-corrected chi connectivity index (χ3v) is 2.46. The molecule has 0 saturated carbocycles. The highest BCUT2D eigenvalue weighted by molar-refractivity contribution is 5.91. The van der Waals surface area contributed by atoms with Crippen LogP contribution in [-0.2, 0) is 4.74 Å². The first-order valence-electron chi connectivity index (χ1n) is 6.31. The van der Waals surface area contributed by atoms with Crippen molar-refractivity contribution in [2.24, 2.45) is 0 Å². The lowest BCUT2D eigenvalue weighted by molar-refractivity contribution is 0.0696. The van der Waals surface area contributed by atoms with Crippen molar-refractivity contribution in [3.63, 3.8) is 0 Å². The summed E-state index contributed by atoms with van der Waals surface area (Å²) in [5.41, 5.74) is -0.279. The lowest BCUT2D eigenvalue weighted by atomic mass is 10.2. The second kappa shape index (κ2) is 8.70. The number of anilines is 1. The van der Waals surface area contributed by atoms with E-state index in [4.69, 9.17) is 9.84 Å². The summed E-state index contributed by atoms with van der Waals surface area (Å²) in [4.78, 5) is 22.1. The molecule has 21 heavy (non-hydrogen) atoms. The summed E-state index contributed by atoms with van der Waals surface area (Å²) in [7, 11) is 0. The van der Waals surface area contributed by atoms with Crippen molar-refractivity contribution in [2.45, 2.75) is 6.42 Å². The van der Waals surface area contributed by atoms with Gasteiger partial charge in [0.25, 0.3) is 0 Å². The Morgan fingerprint density at radius 2 is 2.14 bits per heavy atom. The molecule has 0 bridgehead atoms. The van der Waals surface area contributed by atoms with E-state index in [1.165, 1.54) is 12.1 Å². The Labute approximate surface area is 121 Å². The number of halogens is 1. The van der Waals surface area contributed by atoms with Crippen molar-refractivity contribution in [2.75, 3.05) is 25.1 Å². The number of carboxylic acid groups (broad SMARTS) is 1. The number of hydrogen-bond acceptors (Lipinski definition) is 3. The molecule has 0 saturated heterocycles. The number of hydrogen-bond donors (Lipinski definition) is 3. The van der Waals surface area contributed by atoms with E-state index in [1.54, 1.807) is 6.08 Å². The summed E-state index contributed by atoms with van der Waals surface area (Å²) >= 11 is 0. The maximum absolute atomic E-state index is 13.6. The van der Waals surface area contributed by atoms with Gasteiger partial charge in [-0.25, -0.2) is 14.0 Å². The van der Waals surface area contributed by atoms with E-state index in [-0.39, 0.29) is 17.8 Å². The molecule has 0 aliphatic carbocycles. The largest absolute Gasteiger partial charge is 0.478 e. The van der Waals surface area contributed by atoms with Crippen molar-refractivity contribution in [1.82, 2.24) is 5.32 Å². The van der Waals surface area contributed by atoms with Gasteiger partial charge in [-0.2, -0.15) is 0 Å². The van der Waals surface area contributed by atoms with Gasteiger partial charge in [0, 0.05) is 6.54 Å². The van der Waals surface area contributed by atoms with Crippen molar-refractivity contribution < 1.29 is 23.8 Å². The second-order valence-corrected chi connectivity index (χ2v) is 4.07. The molecule has 2 amide bonds. The van der Waals surface area contributed by atoms with E-state index in [0.29, 0.717) is 13.2 Å². The molecule has 0 aromatic heterocycles. The number of aromatic carboxylic acids is 1. The fourth-order valence-electron chi connectivity index (χ4n) is 1.42. The predicted octanol–water partition coefficient (Wildman–Crippen LogP) is 2.24. The quantitative estimate of drug-likeness (QED) is 0.507. The Hall–Kier alpha value is -2.41. The van der Waals surface area contributed by atoms with Gasteiger partial charge in [-0.3, -0.25) is 0 Å². The summed E-state index contributed by atoms with van der Waals surface area (Å²) in [6.45, 7) is 4.68. The van der Waals surface area contributed by atoms with Gasteiger partial charge in [-0.05, 0) is 24.6 Å². The molecule has 7 heteroatoms. The number of ether oxygens (including phenoxy) is 1. The topological polar surface area (TPSA) is 87.7 Å². The van der Waals surface area contributed by atoms with Crippen LogP contribution in [0.4, 0.5) is 14.9 Å². The minimum atomic E-state index is -1.23. The van der Waals surface area contributed by atoms with Gasteiger partial charge in [0.05, 0.1) is 24.5 Å². The van der Waals surface area contributed by atoms with Crippen molar-refractivity contribution in [3.05, 3.63) is 42.2 Å². The van der Waals surface area contributed by atoms with Gasteiger partial charge in [0.2, 0.25) is 0 Å². The van der Waals surface area contributed by atoms with E-state index in [2.05, 4.69) is 17.2 Å². The SMILES string of the molecule is C=CCCOCCNC(=O)Nc1ccc(C(=O)O)cc1F. The molecule has 0 radical (unpaired) electrons. The molecular weight excluding hydrogens is 279 g/mol. The Kier molecular flexibility index (Phi) is 6.90. The standard InChI is InChI=1S/C14H17FN2O4/c1-2-3-7-21-8-6-16-14(20)17-12-5-4-10(13(18)19)9-11(12)15/h2,4-5,9H,1,3,6-8H2,(H,18,19)(H2,16,17,20). The van der Waals surface area contributed by atoms with Crippen LogP contribution in [0.1, 0.15) is 16.8 Å². The fourth-order valence-corrected chi connectivity index (χ4v) is 1.42. The van der Waals surface area contributed by atoms with Crippen LogP contribution in [0.5, 0.6) is 0 Å². The molecule has 0 spiro atoms. The zero-order valence-electron chi connectivity index (χ0n) is 11.4. The summed E-state index contributed by atoms with van der Waals surface area (Å²) in [6, 6.07) is 2.65. The summed E-state index contributed by atoms with van der Waals surface area (Å²) in [5.74, 6) is -2.05. The number of carboxylic acids is 1. The Morgan fingerprint density at radius 3 is 2.76 bits per heavy atom. The molecule has 0 unspecified atom stereocenters. The number of carbonyl (C=O) groups excluding carboxylic acids is 1. The maximum Gasteiger partial charge on any atom is 0.335 e. The molecule has 0 aliphatic heterocycles. The van der Waals surface area contributed by atoms with Gasteiger partial charge >= 0.3 is 12.0 Å². The zero-order chi connectivity index (χ0) is 15.7. The van der Waals surface area contributed by atoms with Gasteiger partial charge in [0.1, 0.15) is 5.82 Å². The molecule has 1 aromatic carbocycles. The summed E-state index contributed by atoms with van der Waals surface area (Å²) < 4.78 is 18.7. The molecule has 3 N–H and O–H groups in total. The third-order valence-electron chi connectivity index (χ3n) is 2.46. The van der Waals surface area contributed by atoms with E-state index < -0.39 is 17.8 Å². The summed E-state index contributed by atoms with van der Waals surface area (Å²) in [5, 5.41) is 13.5. The van der Waals surface area contributed by atoms with Crippen LogP contribution in [0.25, 0.3) is 0 Å². The van der Waals surface area contributed by atoms with Crippen molar-refractivity contribution in [3.8, 4) is 0 Å². The molecule has 1 aromatic rings. The van der Waals surface area contributed by atoms with Crippen molar-refractivity contribution in [1.29, 1.82) is 0 Å². The zero-order valence-corrected chi connectivity index (χ0v) is 11.4. The average molecular weight is 296 g/mol. The van der Waals surface area contributed by atoms with Crippen LogP contribution in [-0.4, -0.2) is 36.9 Å². The highest BCUT2D eigenvalue weighted by atomic mass is 19.1. The first kappa shape index (κ1) is 16.6. The molecule has 6 nitrogen and oxygen atoms in total. The second-order valence-electron chi connectivity index (χ2n) is 4.07. The van der Waals surface area contributed by atoms with Gasteiger partial charge < -0.3 is 20.5 Å². The normalized spacial score (nSPS) is 9.95. The summed E-state index contributed by atoms with van der Waals surface area (Å²) in [6.07, 6.45) is 2.46. The minimum Gasteiger partial charge on any atom is -0.478 e. The number of nitrogens with one attached hydrogen (secondary N) is 2. The van der Waals surface area contributed by atoms with Crippen LogP contribution in [0.15, 0.2) is 30.9 Å². The number of amides is 2. The maximum atomic E-state index is 13.6. The number of carbonyl (C=O) groups is 2. The average Bonchev–Trinajstić information content (AvgIpc) is 2.44. The smallest absolute Gasteiger partial charge is 0.335 e. The van der Waals surface area contributed by atoms with Crippen LogP contribution in [0.3, 0.4) is 0 Å². The Balaban J connectivity index is 2.37. The van der Waals surface area contributed by atoms with Gasteiger partial charge in [-0.1, -0.05) is 6.08 Å². The molecular formula is C14H17FN2O4. The number of rotatable bonds is 8. The Morgan fingerprint density at radius 1 is 1.38 bits per heavy atom. The highest BCUT2D eigenvalue weighted by Gasteiger charge is 2.10. The Bertz CT molecular complexity index is 520. The third kappa shape index (κ3) is 6.05. The lowest BCUT2D eigenvalue weighted by Gasteiger charge is -2.09. The molecule has 0 fully saturated rings. The van der Waals surface area contributed by atoms with Gasteiger partial charge in [0.15, 0.2) is 0 Å². The fraction of sp³-hybridized carbons (Fsp3) is 0.286. The number of urea groups is 1. The van der Waals surface area contributed by atoms with Crippen LogP contribution >= 0.6 is 0 Å². The molecule has 114 valence electrons. The van der Waals surface area contributed by atoms with E-state index >= 15 is 0 Å². The van der Waals surface area contributed by atoms with E-state index in [1.807, 2.05) is 0 Å². The molecule has 0 atom stereocenters. The van der Waals surface area contributed by atoms with Gasteiger partial charge in [-0.15, -0.1) is 6.58 Å². The highest BCUT2D eigenvalue weighted by Crippen LogP contribution is 2.15. The van der Waals surface area contributed by atoms with E-state index in [0.717, 1.165) is 12.5 Å². The first-order valence-corrected chi connectivity index (χ1v) is 6.31. The van der Waals surface area contributed by atoms with Crippen LogP contribution in [0, 0.1) is 5.82 Å². The molecule has 1 rings (SSSR count). The van der Waals surface area contributed by atoms with Crippen LogP contribution in [0.2, 0.25) is 0 Å². The predicted molar refractivity (Wildman–Crippen MR) is 76.0 cm³/mol. The molecule has 0 heterocycles. The monoisotopic (exact) mass is 296 g/mol. The first-order chi connectivity index (χ1) is 10.0. The van der Waals surface area contributed by atoms with Crippen LogP contribution < -0.4 is 10.6 Å². The minimum absolute atomic E-state index is 0.0925. The van der Waals surface area contributed by atoms with Crippen molar-refractivity contribution >= 4 is 17.7 Å². The lowest BCUT2D eigenvalue weighted by Crippen LogP contribution is -2.32. The van der Waals surface area contributed by atoms with E-state index in [9.17, 15) is 14.0 Å². The number of benzene rings is 1.